The fourth-order valence-corrected chi connectivity index (χ4v) is 3.53. The first-order valence-corrected chi connectivity index (χ1v) is 9.53. The van der Waals surface area contributed by atoms with E-state index in [4.69, 9.17) is 4.42 Å². The van der Waals surface area contributed by atoms with E-state index in [1.165, 1.54) is 5.56 Å². The van der Waals surface area contributed by atoms with Gasteiger partial charge < -0.3 is 15.1 Å². The molecule has 2 atom stereocenters. The van der Waals surface area contributed by atoms with Crippen molar-refractivity contribution < 1.29 is 14.0 Å². The molecule has 0 bridgehead atoms. The molecule has 2 unspecified atom stereocenters. The number of nitrogens with zero attached hydrogens (tertiary/aromatic N) is 1. The molecule has 27 heavy (non-hydrogen) atoms. The first kappa shape index (κ1) is 19.2. The van der Waals surface area contributed by atoms with Crippen molar-refractivity contribution >= 4 is 11.8 Å². The zero-order valence-electron chi connectivity index (χ0n) is 15.9. The molecule has 6 nitrogen and oxygen atoms in total. The molecule has 1 aromatic heterocycles. The Labute approximate surface area is 159 Å². The molecule has 3 rings (SSSR count). The Balaban J connectivity index is 1.66. The predicted octanol–water partition coefficient (Wildman–Crippen LogP) is 2.35. The van der Waals surface area contributed by atoms with Crippen LogP contribution in [-0.2, 0) is 17.8 Å². The Bertz CT molecular complexity index is 755. The standard InChI is InChI=1S/C21H27N3O3/c1-3-15-5-7-17(8-6-15)20(25)23-18-11-19(21(26)22-4-2)24(13-18)12-16-9-10-27-14-16/h5-10,14,18-19H,3-4,11-13H2,1-2H3,(H,22,26)(H,23,25). The van der Waals surface area contributed by atoms with E-state index in [2.05, 4.69) is 22.5 Å². The Morgan fingerprint density at radius 2 is 1.93 bits per heavy atom. The SMILES string of the molecule is CCNC(=O)C1CC(NC(=O)c2ccc(CC)cc2)CN1Cc1ccoc1. The van der Waals surface area contributed by atoms with E-state index in [9.17, 15) is 9.59 Å². The van der Waals surface area contributed by atoms with Gasteiger partial charge in [-0.3, -0.25) is 14.5 Å². The third-order valence-electron chi connectivity index (χ3n) is 4.98. The van der Waals surface area contributed by atoms with Crippen molar-refractivity contribution in [3.63, 3.8) is 0 Å². The van der Waals surface area contributed by atoms with Crippen molar-refractivity contribution in [3.05, 3.63) is 59.5 Å². The van der Waals surface area contributed by atoms with Gasteiger partial charge in [-0.25, -0.2) is 0 Å². The summed E-state index contributed by atoms with van der Waals surface area (Å²) in [6.45, 7) is 5.84. The summed E-state index contributed by atoms with van der Waals surface area (Å²) in [7, 11) is 0. The number of hydrogen-bond acceptors (Lipinski definition) is 4. The highest BCUT2D eigenvalue weighted by Crippen LogP contribution is 2.22. The van der Waals surface area contributed by atoms with Gasteiger partial charge in [-0.15, -0.1) is 0 Å². The van der Waals surface area contributed by atoms with Crippen molar-refractivity contribution in [2.75, 3.05) is 13.1 Å². The lowest BCUT2D eigenvalue weighted by Gasteiger charge is -2.22. The number of aryl methyl sites for hydroxylation is 1. The molecule has 6 heteroatoms. The zero-order valence-corrected chi connectivity index (χ0v) is 15.9. The lowest BCUT2D eigenvalue weighted by atomic mass is 10.1. The van der Waals surface area contributed by atoms with Crippen LogP contribution in [0.15, 0.2) is 47.3 Å². The summed E-state index contributed by atoms with van der Waals surface area (Å²) in [4.78, 5) is 27.1. The van der Waals surface area contributed by atoms with Gasteiger partial charge in [0.15, 0.2) is 0 Å². The third-order valence-corrected chi connectivity index (χ3v) is 4.98. The van der Waals surface area contributed by atoms with Gasteiger partial charge in [0.25, 0.3) is 5.91 Å². The molecule has 0 aliphatic carbocycles. The number of carbonyl (C=O) groups excluding carboxylic acids is 2. The third kappa shape index (κ3) is 4.77. The number of likely N-dealkylation sites (tertiary alicyclic amines) is 1. The molecular weight excluding hydrogens is 342 g/mol. The summed E-state index contributed by atoms with van der Waals surface area (Å²) in [5.41, 5.74) is 2.87. The maximum Gasteiger partial charge on any atom is 0.251 e. The van der Waals surface area contributed by atoms with E-state index in [-0.39, 0.29) is 23.9 Å². The summed E-state index contributed by atoms with van der Waals surface area (Å²) in [6, 6.07) is 9.24. The van der Waals surface area contributed by atoms with Crippen molar-refractivity contribution in [2.45, 2.75) is 45.3 Å². The Morgan fingerprint density at radius 3 is 2.56 bits per heavy atom. The quantitative estimate of drug-likeness (QED) is 0.786. The highest BCUT2D eigenvalue weighted by molar-refractivity contribution is 5.94. The smallest absolute Gasteiger partial charge is 0.251 e. The average molecular weight is 369 g/mol. The minimum absolute atomic E-state index is 0.00467. The Hall–Kier alpha value is -2.60. The van der Waals surface area contributed by atoms with Crippen LogP contribution in [0, 0.1) is 0 Å². The number of nitrogens with one attached hydrogen (secondary N) is 2. The molecule has 1 fully saturated rings. The molecule has 1 aliphatic rings. The summed E-state index contributed by atoms with van der Waals surface area (Å²) >= 11 is 0. The molecule has 0 spiro atoms. The normalized spacial score (nSPS) is 19.8. The molecule has 1 saturated heterocycles. The maximum atomic E-state index is 12.6. The van der Waals surface area contributed by atoms with Gasteiger partial charge in [0.1, 0.15) is 0 Å². The zero-order chi connectivity index (χ0) is 19.2. The van der Waals surface area contributed by atoms with Gasteiger partial charge in [0.2, 0.25) is 5.91 Å². The van der Waals surface area contributed by atoms with E-state index < -0.39 is 0 Å². The van der Waals surface area contributed by atoms with Crippen molar-refractivity contribution in [1.29, 1.82) is 0 Å². The molecule has 2 N–H and O–H groups in total. The summed E-state index contributed by atoms with van der Waals surface area (Å²) in [5, 5.41) is 5.98. The first-order valence-electron chi connectivity index (χ1n) is 9.53. The fourth-order valence-electron chi connectivity index (χ4n) is 3.53. The molecule has 1 aliphatic heterocycles. The predicted molar refractivity (Wildman–Crippen MR) is 103 cm³/mol. The van der Waals surface area contributed by atoms with Gasteiger partial charge in [0.05, 0.1) is 18.6 Å². The van der Waals surface area contributed by atoms with E-state index in [1.54, 1.807) is 12.5 Å². The lowest BCUT2D eigenvalue weighted by molar-refractivity contribution is -0.125. The molecule has 1 aromatic carbocycles. The molecule has 0 saturated carbocycles. The van der Waals surface area contributed by atoms with E-state index in [0.717, 1.165) is 12.0 Å². The molecule has 2 amide bonds. The topological polar surface area (TPSA) is 74.6 Å². The van der Waals surface area contributed by atoms with Crippen molar-refractivity contribution in [2.24, 2.45) is 0 Å². The van der Waals surface area contributed by atoms with Crippen LogP contribution in [0.5, 0.6) is 0 Å². The Kier molecular flexibility index (Phi) is 6.29. The number of benzene rings is 1. The molecule has 2 heterocycles. The minimum atomic E-state index is -0.257. The molecule has 2 aromatic rings. The van der Waals surface area contributed by atoms with Crippen LogP contribution in [0.4, 0.5) is 0 Å². The first-order chi connectivity index (χ1) is 13.1. The average Bonchev–Trinajstić information content (AvgIpc) is 3.32. The maximum absolute atomic E-state index is 12.6. The van der Waals surface area contributed by atoms with Crippen molar-refractivity contribution in [3.8, 4) is 0 Å². The highest BCUT2D eigenvalue weighted by atomic mass is 16.3. The van der Waals surface area contributed by atoms with E-state index in [0.29, 0.717) is 31.6 Å². The number of furan rings is 1. The van der Waals surface area contributed by atoms with Gasteiger partial charge >= 0.3 is 0 Å². The second-order valence-electron chi connectivity index (χ2n) is 6.93. The van der Waals surface area contributed by atoms with Crippen LogP contribution in [0.3, 0.4) is 0 Å². The van der Waals surface area contributed by atoms with Crippen molar-refractivity contribution in [1.82, 2.24) is 15.5 Å². The van der Waals surface area contributed by atoms with Crippen LogP contribution in [0.25, 0.3) is 0 Å². The van der Waals surface area contributed by atoms with Crippen LogP contribution in [0.1, 0.15) is 41.8 Å². The molecule has 144 valence electrons. The number of carbonyl (C=O) groups is 2. The lowest BCUT2D eigenvalue weighted by Crippen LogP contribution is -2.42. The molecular formula is C21H27N3O3. The monoisotopic (exact) mass is 369 g/mol. The van der Waals surface area contributed by atoms with Crippen LogP contribution in [0.2, 0.25) is 0 Å². The summed E-state index contributed by atoms with van der Waals surface area (Å²) in [6.07, 6.45) is 4.87. The second kappa shape index (κ2) is 8.86. The van der Waals surface area contributed by atoms with Gasteiger partial charge in [-0.05, 0) is 43.5 Å². The van der Waals surface area contributed by atoms with E-state index >= 15 is 0 Å². The Morgan fingerprint density at radius 1 is 1.15 bits per heavy atom. The number of amides is 2. The fraction of sp³-hybridized carbons (Fsp3) is 0.429. The minimum Gasteiger partial charge on any atom is -0.472 e. The van der Waals surface area contributed by atoms with Gasteiger partial charge in [-0.1, -0.05) is 19.1 Å². The molecule has 0 radical (unpaired) electrons. The van der Waals surface area contributed by atoms with Crippen LogP contribution >= 0.6 is 0 Å². The van der Waals surface area contributed by atoms with Crippen LogP contribution in [-0.4, -0.2) is 41.9 Å². The van der Waals surface area contributed by atoms with Gasteiger partial charge in [-0.2, -0.15) is 0 Å². The number of likely N-dealkylation sites (N-methyl/N-ethyl adjacent to an activating group) is 1. The summed E-state index contributed by atoms with van der Waals surface area (Å²) < 4.78 is 5.14. The second-order valence-corrected chi connectivity index (χ2v) is 6.93. The number of rotatable bonds is 7. The van der Waals surface area contributed by atoms with E-state index in [1.807, 2.05) is 37.3 Å². The summed E-state index contributed by atoms with van der Waals surface area (Å²) in [5.74, 6) is -0.0903. The van der Waals surface area contributed by atoms with Gasteiger partial charge in [0, 0.05) is 36.8 Å². The largest absolute Gasteiger partial charge is 0.472 e. The highest BCUT2D eigenvalue weighted by Gasteiger charge is 2.37. The number of hydrogen-bond donors (Lipinski definition) is 2. The van der Waals surface area contributed by atoms with Crippen LogP contribution < -0.4 is 10.6 Å².